The van der Waals surface area contributed by atoms with Crippen LogP contribution in [0.3, 0.4) is 0 Å². The number of ether oxygens (including phenoxy) is 2. The van der Waals surface area contributed by atoms with E-state index in [4.69, 9.17) is 9.47 Å². The largest absolute Gasteiger partial charge is 0.459 e. The standard InChI is InChI=1S/C23H36O8/c1-10(24)18(26)31-16-11-6-7-12-21(5,28)15-14-17(30-14)19(2,3)23(15,29)13(25)8-22(12,16)9-20(11,4)27/h10-17,24-25,27-29H,6-9H2,1-5H3. The molecule has 0 amide bonds. The molecule has 8 heteroatoms. The number of carbonyl (C=O) groups is 1. The Balaban J connectivity index is 1.66. The van der Waals surface area contributed by atoms with Crippen LogP contribution in [0.4, 0.5) is 0 Å². The summed E-state index contributed by atoms with van der Waals surface area (Å²) in [5, 5.41) is 56.6. The molecule has 5 rings (SSSR count). The third kappa shape index (κ3) is 2.44. The van der Waals surface area contributed by atoms with E-state index in [-0.39, 0.29) is 31.0 Å². The molecule has 5 fully saturated rings. The highest BCUT2D eigenvalue weighted by Gasteiger charge is 2.83. The Bertz CT molecular complexity index is 805. The Morgan fingerprint density at radius 3 is 2.39 bits per heavy atom. The van der Waals surface area contributed by atoms with Crippen molar-refractivity contribution < 1.29 is 39.8 Å². The summed E-state index contributed by atoms with van der Waals surface area (Å²) in [7, 11) is 0. The minimum absolute atomic E-state index is 0.0914. The molecule has 4 aliphatic carbocycles. The molecule has 1 spiro atoms. The predicted octanol–water partition coefficient (Wildman–Crippen LogP) is 0.116. The highest BCUT2D eigenvalue weighted by Crippen LogP contribution is 2.73. The van der Waals surface area contributed by atoms with Crippen LogP contribution in [0, 0.1) is 28.6 Å². The molecule has 176 valence electrons. The molecule has 5 N–H and O–H groups in total. The summed E-state index contributed by atoms with van der Waals surface area (Å²) in [5.74, 6) is -2.28. The number of hydrogen-bond acceptors (Lipinski definition) is 8. The lowest BCUT2D eigenvalue weighted by Crippen LogP contribution is -2.63. The molecule has 4 saturated carbocycles. The van der Waals surface area contributed by atoms with Crippen LogP contribution in [0.1, 0.15) is 60.3 Å². The SMILES string of the molecule is CC(O)C(=O)OC1C2CCC3C(C)(O)C4C5OC5C(C)(C)C4(O)C(O)CC13CC2(C)O. The fourth-order valence-electron chi connectivity index (χ4n) is 8.65. The quantitative estimate of drug-likeness (QED) is 0.301. The summed E-state index contributed by atoms with van der Waals surface area (Å²) >= 11 is 0. The van der Waals surface area contributed by atoms with E-state index in [0.29, 0.717) is 12.8 Å². The van der Waals surface area contributed by atoms with Crippen molar-refractivity contribution in [2.75, 3.05) is 0 Å². The van der Waals surface area contributed by atoms with E-state index in [1.807, 2.05) is 13.8 Å². The van der Waals surface area contributed by atoms with E-state index in [2.05, 4.69) is 0 Å². The molecule has 0 aromatic carbocycles. The zero-order valence-corrected chi connectivity index (χ0v) is 18.9. The van der Waals surface area contributed by atoms with Gasteiger partial charge in [0.15, 0.2) is 0 Å². The summed E-state index contributed by atoms with van der Waals surface area (Å²) in [6.45, 7) is 8.47. The molecule has 0 aromatic rings. The van der Waals surface area contributed by atoms with Gasteiger partial charge in [0.25, 0.3) is 0 Å². The Kier molecular flexibility index (Phi) is 4.28. The van der Waals surface area contributed by atoms with Crippen LogP contribution >= 0.6 is 0 Å². The van der Waals surface area contributed by atoms with E-state index >= 15 is 0 Å². The summed E-state index contributed by atoms with van der Waals surface area (Å²) in [6, 6.07) is 0. The zero-order chi connectivity index (χ0) is 22.9. The van der Waals surface area contributed by atoms with Crippen molar-refractivity contribution in [3.8, 4) is 0 Å². The van der Waals surface area contributed by atoms with Gasteiger partial charge in [-0.1, -0.05) is 13.8 Å². The number of epoxide rings is 1. The van der Waals surface area contributed by atoms with Crippen LogP contribution in [0.5, 0.6) is 0 Å². The number of rotatable bonds is 2. The zero-order valence-electron chi connectivity index (χ0n) is 18.9. The Labute approximate surface area is 182 Å². The molecule has 5 aliphatic rings. The van der Waals surface area contributed by atoms with Crippen molar-refractivity contribution in [2.45, 2.75) is 108 Å². The van der Waals surface area contributed by atoms with Crippen molar-refractivity contribution in [3.05, 3.63) is 0 Å². The van der Waals surface area contributed by atoms with Crippen molar-refractivity contribution in [2.24, 2.45) is 28.6 Å². The summed E-state index contributed by atoms with van der Waals surface area (Å²) in [6.07, 6.45) is -2.43. The Hall–Kier alpha value is -0.770. The highest BCUT2D eigenvalue weighted by atomic mass is 16.6. The fourth-order valence-corrected chi connectivity index (χ4v) is 8.65. The van der Waals surface area contributed by atoms with E-state index in [9.17, 15) is 30.3 Å². The van der Waals surface area contributed by atoms with E-state index < -0.39 is 63.8 Å². The molecule has 8 nitrogen and oxygen atoms in total. The number of fused-ring (bicyclic) bond motifs is 4. The van der Waals surface area contributed by atoms with Gasteiger partial charge in [0, 0.05) is 22.7 Å². The Morgan fingerprint density at radius 1 is 1.13 bits per heavy atom. The van der Waals surface area contributed by atoms with Gasteiger partial charge in [-0.2, -0.15) is 0 Å². The first-order valence-electron chi connectivity index (χ1n) is 11.5. The molecular formula is C23H36O8. The van der Waals surface area contributed by atoms with Crippen LogP contribution in [-0.2, 0) is 14.3 Å². The van der Waals surface area contributed by atoms with Gasteiger partial charge in [-0.05, 0) is 52.4 Å². The third-order valence-electron chi connectivity index (χ3n) is 9.95. The molecule has 2 bridgehead atoms. The molecule has 12 atom stereocenters. The topological polar surface area (TPSA) is 140 Å². The third-order valence-corrected chi connectivity index (χ3v) is 9.95. The van der Waals surface area contributed by atoms with Crippen molar-refractivity contribution >= 4 is 5.97 Å². The first-order valence-corrected chi connectivity index (χ1v) is 11.5. The molecule has 12 unspecified atom stereocenters. The maximum absolute atomic E-state index is 12.4. The van der Waals surface area contributed by atoms with Gasteiger partial charge in [0.05, 0.1) is 29.5 Å². The van der Waals surface area contributed by atoms with Crippen LogP contribution in [0.2, 0.25) is 0 Å². The van der Waals surface area contributed by atoms with Crippen LogP contribution in [0.25, 0.3) is 0 Å². The van der Waals surface area contributed by atoms with Crippen molar-refractivity contribution in [3.63, 3.8) is 0 Å². The van der Waals surface area contributed by atoms with Crippen molar-refractivity contribution in [1.29, 1.82) is 0 Å². The minimum atomic E-state index is -1.58. The second kappa shape index (κ2) is 6.02. The average molecular weight is 441 g/mol. The van der Waals surface area contributed by atoms with Gasteiger partial charge in [-0.3, -0.25) is 0 Å². The van der Waals surface area contributed by atoms with Crippen LogP contribution < -0.4 is 0 Å². The molecule has 0 radical (unpaired) electrons. The Morgan fingerprint density at radius 2 is 1.77 bits per heavy atom. The number of hydrogen-bond donors (Lipinski definition) is 5. The second-order valence-corrected chi connectivity index (χ2v) is 12.0. The molecule has 1 heterocycles. The van der Waals surface area contributed by atoms with Crippen molar-refractivity contribution in [1.82, 2.24) is 0 Å². The van der Waals surface area contributed by atoms with Gasteiger partial charge in [-0.15, -0.1) is 0 Å². The van der Waals surface area contributed by atoms with Gasteiger partial charge in [0.1, 0.15) is 17.8 Å². The minimum Gasteiger partial charge on any atom is -0.459 e. The highest BCUT2D eigenvalue weighted by molar-refractivity contribution is 5.74. The van der Waals surface area contributed by atoms with E-state index in [1.54, 1.807) is 13.8 Å². The fraction of sp³-hybridized carbons (Fsp3) is 0.957. The average Bonchev–Trinajstić information content (AvgIpc) is 3.36. The first-order chi connectivity index (χ1) is 14.1. The smallest absolute Gasteiger partial charge is 0.334 e. The summed E-state index contributed by atoms with van der Waals surface area (Å²) in [5.41, 5.74) is -5.87. The van der Waals surface area contributed by atoms with Gasteiger partial charge >= 0.3 is 5.97 Å². The van der Waals surface area contributed by atoms with Gasteiger partial charge < -0.3 is 35.0 Å². The van der Waals surface area contributed by atoms with Crippen LogP contribution in [-0.4, -0.2) is 78.8 Å². The van der Waals surface area contributed by atoms with Gasteiger partial charge in [-0.25, -0.2) is 4.79 Å². The second-order valence-electron chi connectivity index (χ2n) is 12.0. The number of aliphatic hydroxyl groups is 5. The first kappa shape index (κ1) is 22.0. The summed E-state index contributed by atoms with van der Waals surface area (Å²) < 4.78 is 11.7. The monoisotopic (exact) mass is 440 g/mol. The summed E-state index contributed by atoms with van der Waals surface area (Å²) in [4.78, 5) is 12.4. The lowest BCUT2D eigenvalue weighted by atomic mass is 9.57. The van der Waals surface area contributed by atoms with Gasteiger partial charge in [0.2, 0.25) is 0 Å². The normalized spacial score (nSPS) is 59.7. The molecule has 1 aliphatic heterocycles. The molecule has 0 aromatic heterocycles. The number of carbonyl (C=O) groups excluding carboxylic acids is 1. The van der Waals surface area contributed by atoms with E-state index in [1.165, 1.54) is 6.92 Å². The molecular weight excluding hydrogens is 404 g/mol. The van der Waals surface area contributed by atoms with E-state index in [0.717, 1.165) is 0 Å². The number of aliphatic hydroxyl groups excluding tert-OH is 2. The lowest BCUT2D eigenvalue weighted by Gasteiger charge is -2.52. The molecule has 31 heavy (non-hydrogen) atoms. The predicted molar refractivity (Wildman–Crippen MR) is 108 cm³/mol. The number of esters is 1. The maximum atomic E-state index is 12.4. The molecule has 1 saturated heterocycles. The maximum Gasteiger partial charge on any atom is 0.334 e. The van der Waals surface area contributed by atoms with Crippen LogP contribution in [0.15, 0.2) is 0 Å². The lowest BCUT2D eigenvalue weighted by molar-refractivity contribution is -0.223.